The minimum absolute atomic E-state index is 0.0308. The molecule has 0 atom stereocenters. The lowest BCUT2D eigenvalue weighted by Crippen LogP contribution is -2.26. The lowest BCUT2D eigenvalue weighted by atomic mass is 10.2. The SMILES string of the molecule is N#CCN(CCO)Cc1ccc(Cl)c(Cl)c1. The molecule has 0 unspecified atom stereocenters. The zero-order valence-electron chi connectivity index (χ0n) is 8.66. The van der Waals surface area contributed by atoms with Crippen LogP contribution in [0.15, 0.2) is 18.2 Å². The van der Waals surface area contributed by atoms with E-state index in [1.54, 1.807) is 12.1 Å². The molecule has 0 bridgehead atoms. The Morgan fingerprint density at radius 3 is 2.62 bits per heavy atom. The van der Waals surface area contributed by atoms with Crippen molar-refractivity contribution in [3.8, 4) is 6.07 Å². The maximum absolute atomic E-state index is 8.84. The van der Waals surface area contributed by atoms with E-state index in [4.69, 9.17) is 33.6 Å². The van der Waals surface area contributed by atoms with Gasteiger partial charge in [-0.25, -0.2) is 0 Å². The minimum Gasteiger partial charge on any atom is -0.395 e. The van der Waals surface area contributed by atoms with Crippen LogP contribution in [0.5, 0.6) is 0 Å². The van der Waals surface area contributed by atoms with E-state index in [1.165, 1.54) is 0 Å². The van der Waals surface area contributed by atoms with Crippen LogP contribution in [0.3, 0.4) is 0 Å². The third-order valence-corrected chi connectivity index (χ3v) is 2.84. The second-order valence-electron chi connectivity index (χ2n) is 3.34. The monoisotopic (exact) mass is 258 g/mol. The predicted octanol–water partition coefficient (Wildman–Crippen LogP) is 2.31. The standard InChI is InChI=1S/C11H12Cl2N2O/c12-10-2-1-9(7-11(10)13)8-15(4-3-14)5-6-16/h1-2,7,16H,4-6,8H2. The molecule has 0 heterocycles. The molecule has 1 rings (SSSR count). The summed E-state index contributed by atoms with van der Waals surface area (Å²) in [4.78, 5) is 1.83. The number of rotatable bonds is 5. The molecule has 0 saturated carbocycles. The Balaban J connectivity index is 2.69. The van der Waals surface area contributed by atoms with Crippen LogP contribution in [0, 0.1) is 11.3 Å². The summed E-state index contributed by atoms with van der Waals surface area (Å²) < 4.78 is 0. The van der Waals surface area contributed by atoms with Gasteiger partial charge in [0.25, 0.3) is 0 Å². The van der Waals surface area contributed by atoms with Gasteiger partial charge in [-0.1, -0.05) is 29.3 Å². The number of nitrogens with zero attached hydrogens (tertiary/aromatic N) is 2. The van der Waals surface area contributed by atoms with Gasteiger partial charge in [-0.15, -0.1) is 0 Å². The molecule has 0 aromatic heterocycles. The van der Waals surface area contributed by atoms with Gasteiger partial charge in [0.2, 0.25) is 0 Å². The highest BCUT2D eigenvalue weighted by atomic mass is 35.5. The van der Waals surface area contributed by atoms with E-state index in [0.717, 1.165) is 5.56 Å². The van der Waals surface area contributed by atoms with E-state index < -0.39 is 0 Å². The molecule has 1 N–H and O–H groups in total. The summed E-state index contributed by atoms with van der Waals surface area (Å²) in [6.07, 6.45) is 0. The lowest BCUT2D eigenvalue weighted by molar-refractivity contribution is 0.205. The summed E-state index contributed by atoms with van der Waals surface area (Å²) in [7, 11) is 0. The van der Waals surface area contributed by atoms with Gasteiger partial charge in [0.15, 0.2) is 0 Å². The van der Waals surface area contributed by atoms with Gasteiger partial charge < -0.3 is 5.11 Å². The highest BCUT2D eigenvalue weighted by Crippen LogP contribution is 2.23. The Bertz CT molecular complexity index is 390. The van der Waals surface area contributed by atoms with Gasteiger partial charge in [-0.2, -0.15) is 5.26 Å². The molecule has 1 aromatic carbocycles. The maximum Gasteiger partial charge on any atom is 0.0869 e. The second-order valence-corrected chi connectivity index (χ2v) is 4.16. The third-order valence-electron chi connectivity index (χ3n) is 2.10. The van der Waals surface area contributed by atoms with Crippen LogP contribution in [0.25, 0.3) is 0 Å². The van der Waals surface area contributed by atoms with Crippen LogP contribution in [0.2, 0.25) is 10.0 Å². The average molecular weight is 259 g/mol. The number of aliphatic hydroxyl groups is 1. The van der Waals surface area contributed by atoms with Gasteiger partial charge in [0.1, 0.15) is 0 Å². The first kappa shape index (κ1) is 13.3. The number of aliphatic hydroxyl groups excluding tert-OH is 1. The van der Waals surface area contributed by atoms with Crippen molar-refractivity contribution in [2.45, 2.75) is 6.54 Å². The Morgan fingerprint density at radius 1 is 1.31 bits per heavy atom. The van der Waals surface area contributed by atoms with Crippen molar-refractivity contribution in [3.63, 3.8) is 0 Å². The zero-order valence-corrected chi connectivity index (χ0v) is 10.2. The molecule has 5 heteroatoms. The number of hydrogen-bond acceptors (Lipinski definition) is 3. The van der Waals surface area contributed by atoms with Crippen LogP contribution < -0.4 is 0 Å². The van der Waals surface area contributed by atoms with Crippen molar-refractivity contribution < 1.29 is 5.11 Å². The molecule has 86 valence electrons. The molecular formula is C11H12Cl2N2O. The van der Waals surface area contributed by atoms with Crippen molar-refractivity contribution in [1.82, 2.24) is 4.90 Å². The van der Waals surface area contributed by atoms with Gasteiger partial charge in [0.05, 0.1) is 29.3 Å². The van der Waals surface area contributed by atoms with E-state index in [0.29, 0.717) is 23.1 Å². The smallest absolute Gasteiger partial charge is 0.0869 e. The van der Waals surface area contributed by atoms with E-state index in [1.807, 2.05) is 11.0 Å². The van der Waals surface area contributed by atoms with Gasteiger partial charge >= 0.3 is 0 Å². The molecule has 0 radical (unpaired) electrons. The average Bonchev–Trinajstić information content (AvgIpc) is 2.24. The van der Waals surface area contributed by atoms with Crippen molar-refractivity contribution in [2.24, 2.45) is 0 Å². The first-order chi connectivity index (χ1) is 7.67. The molecular weight excluding hydrogens is 247 g/mol. The fourth-order valence-corrected chi connectivity index (χ4v) is 1.67. The molecule has 0 saturated heterocycles. The number of nitriles is 1. The quantitative estimate of drug-likeness (QED) is 0.825. The Morgan fingerprint density at radius 2 is 2.06 bits per heavy atom. The van der Waals surface area contributed by atoms with E-state index >= 15 is 0 Å². The first-order valence-corrected chi connectivity index (χ1v) is 5.57. The summed E-state index contributed by atoms with van der Waals surface area (Å²) >= 11 is 11.7. The predicted molar refractivity (Wildman–Crippen MR) is 64.4 cm³/mol. The van der Waals surface area contributed by atoms with Crippen molar-refractivity contribution in [1.29, 1.82) is 5.26 Å². The lowest BCUT2D eigenvalue weighted by Gasteiger charge is -2.17. The summed E-state index contributed by atoms with van der Waals surface area (Å²) in [5, 5.41) is 18.5. The van der Waals surface area contributed by atoms with Crippen LogP contribution in [-0.2, 0) is 6.54 Å². The highest BCUT2D eigenvalue weighted by molar-refractivity contribution is 6.42. The highest BCUT2D eigenvalue weighted by Gasteiger charge is 2.06. The Hall–Kier alpha value is -0.790. The molecule has 0 aliphatic carbocycles. The second kappa shape index (κ2) is 6.72. The first-order valence-electron chi connectivity index (χ1n) is 4.81. The van der Waals surface area contributed by atoms with Crippen LogP contribution in [-0.4, -0.2) is 29.7 Å². The summed E-state index contributed by atoms with van der Waals surface area (Å²) in [5.41, 5.74) is 0.970. The van der Waals surface area contributed by atoms with Crippen molar-refractivity contribution in [2.75, 3.05) is 19.7 Å². The van der Waals surface area contributed by atoms with E-state index in [2.05, 4.69) is 6.07 Å². The van der Waals surface area contributed by atoms with Crippen molar-refractivity contribution in [3.05, 3.63) is 33.8 Å². The molecule has 0 spiro atoms. The van der Waals surface area contributed by atoms with Gasteiger partial charge in [0, 0.05) is 13.1 Å². The van der Waals surface area contributed by atoms with E-state index in [-0.39, 0.29) is 13.2 Å². The minimum atomic E-state index is 0.0308. The van der Waals surface area contributed by atoms with Crippen molar-refractivity contribution >= 4 is 23.2 Å². The van der Waals surface area contributed by atoms with Gasteiger partial charge in [-0.3, -0.25) is 4.90 Å². The molecule has 16 heavy (non-hydrogen) atoms. The largest absolute Gasteiger partial charge is 0.395 e. The normalized spacial score (nSPS) is 10.4. The van der Waals surface area contributed by atoms with Crippen LogP contribution in [0.4, 0.5) is 0 Å². The molecule has 0 amide bonds. The third kappa shape index (κ3) is 3.99. The maximum atomic E-state index is 8.84. The summed E-state index contributed by atoms with van der Waals surface area (Å²) in [5.74, 6) is 0. The topological polar surface area (TPSA) is 47.3 Å². The fraction of sp³-hybridized carbons (Fsp3) is 0.364. The number of halogens is 2. The Kier molecular flexibility index (Phi) is 5.58. The zero-order chi connectivity index (χ0) is 12.0. The summed E-state index contributed by atoms with van der Waals surface area (Å²) in [6, 6.07) is 7.41. The van der Waals surface area contributed by atoms with E-state index in [9.17, 15) is 0 Å². The molecule has 0 aliphatic heterocycles. The Labute approximate surface area is 105 Å². The number of benzene rings is 1. The molecule has 3 nitrogen and oxygen atoms in total. The van der Waals surface area contributed by atoms with Crippen LogP contribution in [0.1, 0.15) is 5.56 Å². The number of hydrogen-bond donors (Lipinski definition) is 1. The van der Waals surface area contributed by atoms with Gasteiger partial charge in [-0.05, 0) is 17.7 Å². The molecule has 0 fully saturated rings. The van der Waals surface area contributed by atoms with Crippen LogP contribution >= 0.6 is 23.2 Å². The fourth-order valence-electron chi connectivity index (χ4n) is 1.35. The molecule has 0 aliphatic rings. The summed E-state index contributed by atoms with van der Waals surface area (Å²) in [6.45, 7) is 1.35. The molecule has 1 aromatic rings.